The standard InChI is InChI=1S/C17H18FN5O2/c1-2-10-11-8-12(18)14(22-6-4-3-5-7-22)9-13(11)23-16(19-20-21-23)15(10)17(24)25/h8-9H,2-7H2,1H3,(H,24,25). The average Bonchev–Trinajstić information content (AvgIpc) is 3.09. The first-order valence-electron chi connectivity index (χ1n) is 8.46. The zero-order valence-corrected chi connectivity index (χ0v) is 13.9. The fraction of sp³-hybridized carbons (Fsp3) is 0.412. The molecule has 1 aliphatic rings. The van der Waals surface area contributed by atoms with Crippen LogP contribution in [0.1, 0.15) is 42.1 Å². The van der Waals surface area contributed by atoms with Crippen molar-refractivity contribution in [2.45, 2.75) is 32.6 Å². The second-order valence-corrected chi connectivity index (χ2v) is 6.30. The van der Waals surface area contributed by atoms with E-state index in [9.17, 15) is 14.3 Å². The number of aromatic carboxylic acids is 1. The van der Waals surface area contributed by atoms with Crippen molar-refractivity contribution < 1.29 is 14.3 Å². The molecule has 3 heterocycles. The van der Waals surface area contributed by atoms with Gasteiger partial charge >= 0.3 is 5.97 Å². The molecule has 1 aliphatic heterocycles. The van der Waals surface area contributed by atoms with E-state index < -0.39 is 5.97 Å². The summed E-state index contributed by atoms with van der Waals surface area (Å²) in [6.45, 7) is 3.47. The summed E-state index contributed by atoms with van der Waals surface area (Å²) in [7, 11) is 0. The van der Waals surface area contributed by atoms with Gasteiger partial charge in [-0.2, -0.15) is 4.52 Å². The van der Waals surface area contributed by atoms with Gasteiger partial charge in [-0.15, -0.1) is 5.10 Å². The van der Waals surface area contributed by atoms with Gasteiger partial charge in [0.25, 0.3) is 0 Å². The first-order valence-corrected chi connectivity index (χ1v) is 8.46. The van der Waals surface area contributed by atoms with Gasteiger partial charge in [-0.25, -0.2) is 9.18 Å². The topological polar surface area (TPSA) is 83.6 Å². The van der Waals surface area contributed by atoms with Gasteiger partial charge < -0.3 is 10.0 Å². The van der Waals surface area contributed by atoms with Crippen molar-refractivity contribution in [3.05, 3.63) is 29.1 Å². The fourth-order valence-corrected chi connectivity index (χ4v) is 3.71. The van der Waals surface area contributed by atoms with Gasteiger partial charge in [0.1, 0.15) is 11.4 Å². The third kappa shape index (κ3) is 2.40. The summed E-state index contributed by atoms with van der Waals surface area (Å²) in [6.07, 6.45) is 3.68. The number of rotatable bonds is 3. The molecule has 4 rings (SSSR count). The first-order chi connectivity index (χ1) is 12.1. The predicted octanol–water partition coefficient (Wildman–Crippen LogP) is 2.67. The number of halogens is 1. The molecule has 0 saturated carbocycles. The van der Waals surface area contributed by atoms with Gasteiger partial charge in [0.05, 0.1) is 11.2 Å². The maximum absolute atomic E-state index is 14.8. The molecule has 1 fully saturated rings. The van der Waals surface area contributed by atoms with Crippen molar-refractivity contribution in [1.82, 2.24) is 20.0 Å². The normalized spacial score (nSPS) is 15.2. The number of carboxylic acids is 1. The minimum absolute atomic E-state index is 0.0325. The van der Waals surface area contributed by atoms with Crippen molar-refractivity contribution >= 4 is 28.2 Å². The number of carboxylic acid groups (broad SMARTS) is 1. The molecule has 0 amide bonds. The van der Waals surface area contributed by atoms with Crippen LogP contribution in [0.5, 0.6) is 0 Å². The summed E-state index contributed by atoms with van der Waals surface area (Å²) < 4.78 is 16.2. The zero-order valence-electron chi connectivity index (χ0n) is 13.9. The average molecular weight is 343 g/mol. The van der Waals surface area contributed by atoms with Crippen LogP contribution in [0, 0.1) is 5.82 Å². The summed E-state index contributed by atoms with van der Waals surface area (Å²) in [6, 6.07) is 3.16. The number of aromatic nitrogens is 4. The predicted molar refractivity (Wildman–Crippen MR) is 90.6 cm³/mol. The maximum Gasteiger partial charge on any atom is 0.339 e. The highest BCUT2D eigenvalue weighted by Gasteiger charge is 2.24. The lowest BCUT2D eigenvalue weighted by atomic mass is 9.99. The van der Waals surface area contributed by atoms with Gasteiger partial charge in [0.15, 0.2) is 5.65 Å². The third-order valence-corrected chi connectivity index (χ3v) is 4.88. The summed E-state index contributed by atoms with van der Waals surface area (Å²) in [5.74, 6) is -1.45. The van der Waals surface area contributed by atoms with Crippen LogP contribution in [-0.4, -0.2) is 44.2 Å². The number of hydrogen-bond acceptors (Lipinski definition) is 5. The Morgan fingerprint density at radius 3 is 2.72 bits per heavy atom. The minimum Gasteiger partial charge on any atom is -0.478 e. The Kier molecular flexibility index (Phi) is 3.74. The number of aryl methyl sites for hydroxylation is 1. The van der Waals surface area contributed by atoms with Crippen LogP contribution in [0.25, 0.3) is 16.6 Å². The van der Waals surface area contributed by atoms with Crippen LogP contribution < -0.4 is 4.90 Å². The number of piperidine rings is 1. The van der Waals surface area contributed by atoms with E-state index in [-0.39, 0.29) is 17.0 Å². The van der Waals surface area contributed by atoms with Crippen LogP contribution >= 0.6 is 0 Å². The molecule has 1 saturated heterocycles. The van der Waals surface area contributed by atoms with Crippen molar-refractivity contribution in [3.8, 4) is 0 Å². The molecule has 3 aromatic rings. The van der Waals surface area contributed by atoms with Gasteiger partial charge in [0, 0.05) is 18.5 Å². The molecular weight excluding hydrogens is 325 g/mol. The summed E-state index contributed by atoms with van der Waals surface area (Å²) in [4.78, 5) is 13.8. The number of hydrogen-bond donors (Lipinski definition) is 1. The van der Waals surface area contributed by atoms with Crippen molar-refractivity contribution in [2.75, 3.05) is 18.0 Å². The van der Waals surface area contributed by atoms with Crippen molar-refractivity contribution in [3.63, 3.8) is 0 Å². The summed E-state index contributed by atoms with van der Waals surface area (Å²) >= 11 is 0. The Bertz CT molecular complexity index is 978. The van der Waals surface area contributed by atoms with Crippen LogP contribution in [0.15, 0.2) is 12.1 Å². The van der Waals surface area contributed by atoms with Gasteiger partial charge in [-0.05, 0) is 53.8 Å². The molecule has 8 heteroatoms. The lowest BCUT2D eigenvalue weighted by Crippen LogP contribution is -2.30. The molecule has 0 spiro atoms. The maximum atomic E-state index is 14.8. The molecule has 0 radical (unpaired) electrons. The number of pyridine rings is 1. The van der Waals surface area contributed by atoms with Crippen LogP contribution in [0.2, 0.25) is 0 Å². The molecule has 25 heavy (non-hydrogen) atoms. The highest BCUT2D eigenvalue weighted by atomic mass is 19.1. The molecule has 7 nitrogen and oxygen atoms in total. The SMILES string of the molecule is CCc1c(C(=O)O)c2nnnn2c2cc(N3CCCCC3)c(F)cc12. The summed E-state index contributed by atoms with van der Waals surface area (Å²) in [5.41, 5.74) is 1.92. The highest BCUT2D eigenvalue weighted by Crippen LogP contribution is 2.32. The van der Waals surface area contributed by atoms with Crippen LogP contribution in [0.4, 0.5) is 10.1 Å². The molecule has 2 aromatic heterocycles. The molecule has 0 bridgehead atoms. The number of fused-ring (bicyclic) bond motifs is 3. The minimum atomic E-state index is -1.11. The molecular formula is C17H18FN5O2. The lowest BCUT2D eigenvalue weighted by molar-refractivity contribution is 0.0697. The fourth-order valence-electron chi connectivity index (χ4n) is 3.71. The number of benzene rings is 1. The first kappa shape index (κ1) is 15.7. The van der Waals surface area contributed by atoms with Crippen molar-refractivity contribution in [1.29, 1.82) is 0 Å². The largest absolute Gasteiger partial charge is 0.478 e. The van der Waals surface area contributed by atoms with Gasteiger partial charge in [-0.1, -0.05) is 6.92 Å². The molecule has 0 aliphatic carbocycles. The van der Waals surface area contributed by atoms with E-state index >= 15 is 0 Å². The van der Waals surface area contributed by atoms with Crippen molar-refractivity contribution in [2.24, 2.45) is 0 Å². The summed E-state index contributed by atoms with van der Waals surface area (Å²) in [5, 5.41) is 21.6. The highest BCUT2D eigenvalue weighted by molar-refractivity contribution is 6.03. The van der Waals surface area contributed by atoms with Gasteiger partial charge in [0.2, 0.25) is 0 Å². The number of carbonyl (C=O) groups is 1. The number of anilines is 1. The lowest BCUT2D eigenvalue weighted by Gasteiger charge is -2.29. The van der Waals surface area contributed by atoms with Crippen LogP contribution in [-0.2, 0) is 6.42 Å². The Balaban J connectivity index is 2.05. The quantitative estimate of drug-likeness (QED) is 0.787. The number of tetrazole rings is 1. The monoisotopic (exact) mass is 343 g/mol. The number of nitrogens with zero attached hydrogens (tertiary/aromatic N) is 5. The molecule has 1 N–H and O–H groups in total. The van der Waals surface area contributed by atoms with Crippen LogP contribution in [0.3, 0.4) is 0 Å². The zero-order chi connectivity index (χ0) is 17.6. The van der Waals surface area contributed by atoms with Gasteiger partial charge in [-0.3, -0.25) is 0 Å². The molecule has 130 valence electrons. The second-order valence-electron chi connectivity index (χ2n) is 6.30. The van der Waals surface area contributed by atoms with E-state index in [1.165, 1.54) is 10.6 Å². The smallest absolute Gasteiger partial charge is 0.339 e. The third-order valence-electron chi connectivity index (χ3n) is 4.88. The molecule has 1 aromatic carbocycles. The van der Waals surface area contributed by atoms with E-state index in [0.29, 0.717) is 28.6 Å². The molecule has 0 unspecified atom stereocenters. The van der Waals surface area contributed by atoms with E-state index in [0.717, 1.165) is 32.4 Å². The van der Waals surface area contributed by atoms with E-state index in [4.69, 9.17) is 0 Å². The Hall–Kier alpha value is -2.77. The Labute approximate surface area is 143 Å². The second kappa shape index (κ2) is 5.94. The van der Waals surface area contributed by atoms with E-state index in [2.05, 4.69) is 15.5 Å². The Morgan fingerprint density at radius 1 is 1.28 bits per heavy atom. The Morgan fingerprint density at radius 2 is 2.04 bits per heavy atom. The van der Waals surface area contributed by atoms with E-state index in [1.807, 2.05) is 11.8 Å². The molecule has 0 atom stereocenters. The van der Waals surface area contributed by atoms with E-state index in [1.54, 1.807) is 6.07 Å².